The maximum atomic E-state index is 13.1. The predicted molar refractivity (Wildman–Crippen MR) is 87.4 cm³/mol. The molecule has 0 amide bonds. The number of hydrogen-bond donors (Lipinski definition) is 0. The van der Waals surface area contributed by atoms with Gasteiger partial charge in [0, 0.05) is 5.56 Å². The molecule has 2 rings (SSSR count). The van der Waals surface area contributed by atoms with Crippen LogP contribution >= 0.6 is 0 Å². The van der Waals surface area contributed by atoms with E-state index in [9.17, 15) is 4.39 Å². The van der Waals surface area contributed by atoms with Gasteiger partial charge in [-0.2, -0.15) is 0 Å². The summed E-state index contributed by atoms with van der Waals surface area (Å²) in [7, 11) is -1.35. The molecule has 0 saturated heterocycles. The molecule has 21 heavy (non-hydrogen) atoms. The van der Waals surface area contributed by atoms with Crippen LogP contribution in [0.2, 0.25) is 19.6 Å². The second-order valence-electron chi connectivity index (χ2n) is 5.94. The summed E-state index contributed by atoms with van der Waals surface area (Å²) in [6.07, 6.45) is 0. The van der Waals surface area contributed by atoms with E-state index in [0.717, 1.165) is 16.9 Å². The van der Waals surface area contributed by atoms with E-state index in [1.54, 1.807) is 6.07 Å². The Morgan fingerprint density at radius 2 is 1.76 bits per heavy atom. The van der Waals surface area contributed by atoms with Crippen molar-refractivity contribution in [3.8, 4) is 17.2 Å². The van der Waals surface area contributed by atoms with Gasteiger partial charge in [0.15, 0.2) is 0 Å². The van der Waals surface area contributed by atoms with E-state index >= 15 is 0 Å². The van der Waals surface area contributed by atoms with E-state index in [-0.39, 0.29) is 5.82 Å². The van der Waals surface area contributed by atoms with Crippen LogP contribution in [0.25, 0.3) is 0 Å². The number of rotatable bonds is 3. The molecule has 0 fully saturated rings. The van der Waals surface area contributed by atoms with Crippen LogP contribution in [-0.2, 0) is 6.61 Å². The number of hydrogen-bond acceptors (Lipinski definition) is 1. The highest BCUT2D eigenvalue weighted by Gasteiger charge is 2.07. The van der Waals surface area contributed by atoms with Crippen molar-refractivity contribution < 1.29 is 9.13 Å². The highest BCUT2D eigenvalue weighted by atomic mass is 28.3. The summed E-state index contributed by atoms with van der Waals surface area (Å²) in [5, 5.41) is 0. The summed E-state index contributed by atoms with van der Waals surface area (Å²) in [5.74, 6) is 3.72. The Hall–Kier alpha value is -2.05. The van der Waals surface area contributed by atoms with Gasteiger partial charge in [0.1, 0.15) is 26.2 Å². The van der Waals surface area contributed by atoms with Gasteiger partial charge in [0.2, 0.25) is 0 Å². The second-order valence-corrected chi connectivity index (χ2v) is 10.7. The lowest BCUT2D eigenvalue weighted by molar-refractivity contribution is 0.305. The molecule has 0 radical (unpaired) electrons. The molecule has 108 valence electrons. The lowest BCUT2D eigenvalue weighted by Crippen LogP contribution is -2.16. The van der Waals surface area contributed by atoms with Gasteiger partial charge in [-0.05, 0) is 42.0 Å². The van der Waals surface area contributed by atoms with Gasteiger partial charge >= 0.3 is 0 Å². The number of benzene rings is 2. The van der Waals surface area contributed by atoms with Crippen LogP contribution in [0.3, 0.4) is 0 Å². The smallest absolute Gasteiger partial charge is 0.129 e. The van der Waals surface area contributed by atoms with Crippen molar-refractivity contribution in [1.29, 1.82) is 0 Å². The van der Waals surface area contributed by atoms with Crippen LogP contribution in [0.4, 0.5) is 4.39 Å². The topological polar surface area (TPSA) is 9.23 Å². The normalized spacial score (nSPS) is 10.7. The predicted octanol–water partition coefficient (Wildman–Crippen LogP) is 4.63. The zero-order valence-corrected chi connectivity index (χ0v) is 13.6. The van der Waals surface area contributed by atoms with E-state index in [1.165, 1.54) is 12.1 Å². The summed E-state index contributed by atoms with van der Waals surface area (Å²) in [4.78, 5) is 0. The van der Waals surface area contributed by atoms with Gasteiger partial charge in [0.25, 0.3) is 0 Å². The van der Waals surface area contributed by atoms with Crippen molar-refractivity contribution in [2.75, 3.05) is 0 Å². The summed E-state index contributed by atoms with van der Waals surface area (Å²) in [6, 6.07) is 14.1. The maximum Gasteiger partial charge on any atom is 0.129 e. The van der Waals surface area contributed by atoms with Crippen molar-refractivity contribution >= 4 is 8.07 Å². The first kappa shape index (κ1) is 15.3. The van der Waals surface area contributed by atoms with Gasteiger partial charge in [-0.15, -0.1) is 5.54 Å². The number of halogens is 1. The molecule has 0 saturated carbocycles. The number of ether oxygens (including phenoxy) is 1. The fraction of sp³-hybridized carbons (Fsp3) is 0.222. The van der Waals surface area contributed by atoms with Gasteiger partial charge < -0.3 is 4.74 Å². The van der Waals surface area contributed by atoms with E-state index < -0.39 is 8.07 Å². The minimum Gasteiger partial charge on any atom is -0.489 e. The molecular formula is C18H19FOSi. The zero-order chi connectivity index (χ0) is 15.3. The average Bonchev–Trinajstić information content (AvgIpc) is 2.43. The molecule has 0 N–H and O–H groups in total. The second kappa shape index (κ2) is 6.60. The fourth-order valence-corrected chi connectivity index (χ4v) is 2.21. The SMILES string of the molecule is C[Si](C)(C)C#Cc1ccc(OCc2cccc(F)c2)cc1. The zero-order valence-electron chi connectivity index (χ0n) is 12.6. The standard InChI is InChI=1S/C18H19FOSi/c1-21(2,3)12-11-15-7-9-18(10-8-15)20-14-16-5-4-6-17(19)13-16/h4-10,13H,14H2,1-3H3. The first-order valence-corrected chi connectivity index (χ1v) is 10.4. The molecule has 0 unspecified atom stereocenters. The van der Waals surface area contributed by atoms with Crippen molar-refractivity contribution in [2.24, 2.45) is 0 Å². The lowest BCUT2D eigenvalue weighted by Gasteiger charge is -2.07. The van der Waals surface area contributed by atoms with Gasteiger partial charge in [-0.3, -0.25) is 0 Å². The monoisotopic (exact) mass is 298 g/mol. The Morgan fingerprint density at radius 1 is 1.05 bits per heavy atom. The molecule has 0 aliphatic carbocycles. The summed E-state index contributed by atoms with van der Waals surface area (Å²) in [6.45, 7) is 7.01. The van der Waals surface area contributed by atoms with Crippen LogP contribution in [0, 0.1) is 17.3 Å². The third kappa shape index (κ3) is 5.45. The first-order chi connectivity index (χ1) is 9.92. The molecular weight excluding hydrogens is 279 g/mol. The van der Waals surface area contributed by atoms with Gasteiger partial charge in [0.05, 0.1) is 0 Å². The molecule has 2 aromatic rings. The van der Waals surface area contributed by atoms with E-state index in [0.29, 0.717) is 6.61 Å². The molecule has 3 heteroatoms. The van der Waals surface area contributed by atoms with Crippen LogP contribution in [-0.4, -0.2) is 8.07 Å². The lowest BCUT2D eigenvalue weighted by atomic mass is 10.2. The van der Waals surface area contributed by atoms with Crippen molar-refractivity contribution in [3.05, 3.63) is 65.5 Å². The van der Waals surface area contributed by atoms with Crippen LogP contribution in [0.1, 0.15) is 11.1 Å². The van der Waals surface area contributed by atoms with Gasteiger partial charge in [-0.1, -0.05) is 37.7 Å². The molecule has 1 nitrogen and oxygen atoms in total. The summed E-state index contributed by atoms with van der Waals surface area (Å²) < 4.78 is 18.7. The highest BCUT2D eigenvalue weighted by Crippen LogP contribution is 2.14. The molecule has 0 spiro atoms. The molecule has 0 bridgehead atoms. The van der Waals surface area contributed by atoms with Gasteiger partial charge in [-0.25, -0.2) is 4.39 Å². The highest BCUT2D eigenvalue weighted by molar-refractivity contribution is 6.83. The Balaban J connectivity index is 1.98. The summed E-state index contributed by atoms with van der Waals surface area (Å²) >= 11 is 0. The molecule has 0 aliphatic rings. The van der Waals surface area contributed by atoms with Crippen LogP contribution < -0.4 is 4.74 Å². The van der Waals surface area contributed by atoms with E-state index in [4.69, 9.17) is 4.74 Å². The quantitative estimate of drug-likeness (QED) is 0.593. The minimum absolute atomic E-state index is 0.243. The largest absolute Gasteiger partial charge is 0.489 e. The third-order valence-corrected chi connectivity index (χ3v) is 3.61. The van der Waals surface area contributed by atoms with Crippen molar-refractivity contribution in [2.45, 2.75) is 26.2 Å². The van der Waals surface area contributed by atoms with E-state index in [2.05, 4.69) is 31.1 Å². The molecule has 0 atom stereocenters. The Morgan fingerprint density at radius 3 is 2.38 bits per heavy atom. The molecule has 2 aromatic carbocycles. The molecule has 0 aromatic heterocycles. The average molecular weight is 298 g/mol. The Bertz CT molecular complexity index is 660. The Kier molecular flexibility index (Phi) is 4.82. The van der Waals surface area contributed by atoms with Crippen molar-refractivity contribution in [1.82, 2.24) is 0 Å². The fourth-order valence-electron chi connectivity index (χ4n) is 1.69. The summed E-state index contributed by atoms with van der Waals surface area (Å²) in [5.41, 5.74) is 5.14. The van der Waals surface area contributed by atoms with Crippen LogP contribution in [0.5, 0.6) is 5.75 Å². The minimum atomic E-state index is -1.35. The van der Waals surface area contributed by atoms with Crippen molar-refractivity contribution in [3.63, 3.8) is 0 Å². The molecule has 0 heterocycles. The maximum absolute atomic E-state index is 13.1. The first-order valence-electron chi connectivity index (χ1n) is 6.93. The van der Waals surface area contributed by atoms with E-state index in [1.807, 2.05) is 30.3 Å². The third-order valence-electron chi connectivity index (χ3n) is 2.73. The Labute approximate surface area is 126 Å². The molecule has 0 aliphatic heterocycles. The van der Waals surface area contributed by atoms with Crippen LogP contribution in [0.15, 0.2) is 48.5 Å².